The molecule has 1 aliphatic rings. The third-order valence-corrected chi connectivity index (χ3v) is 1.95. The summed E-state index contributed by atoms with van der Waals surface area (Å²) >= 11 is 0. The van der Waals surface area contributed by atoms with Gasteiger partial charge in [0, 0.05) is 6.54 Å². The van der Waals surface area contributed by atoms with E-state index < -0.39 is 0 Å². The lowest BCUT2D eigenvalue weighted by atomic mass is 10.3. The Kier molecular flexibility index (Phi) is 3.50. The molecule has 78 valence electrons. The van der Waals surface area contributed by atoms with Gasteiger partial charge in [0.05, 0.1) is 6.21 Å². The highest BCUT2D eigenvalue weighted by Gasteiger charge is 2.30. The monoisotopic (exact) mass is 198 g/mol. The third kappa shape index (κ3) is 2.48. The Hall–Kier alpha value is -1.52. The minimum absolute atomic E-state index is 0.249. The van der Waals surface area contributed by atoms with Crippen LogP contribution in [0.2, 0.25) is 0 Å². The lowest BCUT2D eigenvalue weighted by Crippen LogP contribution is -2.34. The van der Waals surface area contributed by atoms with Crippen LogP contribution in [0.5, 0.6) is 0 Å². The molecule has 0 aliphatic carbocycles. The molecular weight excluding hydrogens is 184 g/mol. The first-order valence-electron chi connectivity index (χ1n) is 4.39. The lowest BCUT2D eigenvalue weighted by molar-refractivity contribution is 0.160. The molecule has 1 aliphatic heterocycles. The van der Waals surface area contributed by atoms with Crippen molar-refractivity contribution in [1.82, 2.24) is 4.90 Å². The van der Waals surface area contributed by atoms with Gasteiger partial charge in [-0.25, -0.2) is 4.79 Å². The molecule has 1 saturated heterocycles. The minimum Gasteiger partial charge on any atom is -0.447 e. The zero-order valence-corrected chi connectivity index (χ0v) is 8.30. The molecule has 0 aromatic carbocycles. The molecule has 5 heteroatoms. The standard InChI is InChI=1S/C9H14N2O3/c1-7(2)3-4-11-8(5-10-13)6-14-9(11)12/h3,5,8,13H,4,6H2,1-2H3/b10-5+/t8-/m1/s1. The topological polar surface area (TPSA) is 62.1 Å². The van der Waals surface area contributed by atoms with Gasteiger partial charge in [0.15, 0.2) is 0 Å². The second-order valence-corrected chi connectivity index (χ2v) is 3.34. The fourth-order valence-corrected chi connectivity index (χ4v) is 1.16. The van der Waals surface area contributed by atoms with Crippen LogP contribution in [-0.2, 0) is 4.74 Å². The first kappa shape index (κ1) is 10.6. The van der Waals surface area contributed by atoms with E-state index in [2.05, 4.69) is 5.16 Å². The summed E-state index contributed by atoms with van der Waals surface area (Å²) in [4.78, 5) is 12.7. The fourth-order valence-electron chi connectivity index (χ4n) is 1.16. The molecule has 5 nitrogen and oxygen atoms in total. The van der Waals surface area contributed by atoms with Crippen LogP contribution >= 0.6 is 0 Å². The first-order chi connectivity index (χ1) is 6.65. The zero-order chi connectivity index (χ0) is 10.6. The highest BCUT2D eigenvalue weighted by molar-refractivity contribution is 5.78. The second-order valence-electron chi connectivity index (χ2n) is 3.34. The fraction of sp³-hybridized carbons (Fsp3) is 0.556. The van der Waals surface area contributed by atoms with Crippen molar-refractivity contribution in [3.8, 4) is 0 Å². The van der Waals surface area contributed by atoms with E-state index in [0.717, 1.165) is 5.57 Å². The number of carbonyl (C=O) groups is 1. The molecule has 0 saturated carbocycles. The normalized spacial score (nSPS) is 21.4. The Morgan fingerprint density at radius 1 is 1.79 bits per heavy atom. The van der Waals surface area contributed by atoms with Crippen molar-refractivity contribution in [2.24, 2.45) is 5.16 Å². The Morgan fingerprint density at radius 2 is 2.50 bits per heavy atom. The number of hydrogen-bond donors (Lipinski definition) is 1. The van der Waals surface area contributed by atoms with Crippen molar-refractivity contribution in [3.05, 3.63) is 11.6 Å². The summed E-state index contributed by atoms with van der Waals surface area (Å²) in [6.07, 6.45) is 2.85. The van der Waals surface area contributed by atoms with Crippen LogP contribution in [0.15, 0.2) is 16.8 Å². The first-order valence-corrected chi connectivity index (χ1v) is 4.39. The van der Waals surface area contributed by atoms with Gasteiger partial charge in [-0.1, -0.05) is 16.8 Å². The molecule has 1 heterocycles. The minimum atomic E-state index is -0.368. The maximum atomic E-state index is 11.2. The van der Waals surface area contributed by atoms with E-state index in [4.69, 9.17) is 9.94 Å². The number of amides is 1. The molecule has 1 atom stereocenters. The van der Waals surface area contributed by atoms with Gasteiger partial charge < -0.3 is 9.94 Å². The van der Waals surface area contributed by atoms with Crippen LogP contribution in [0.3, 0.4) is 0 Å². The van der Waals surface area contributed by atoms with E-state index in [1.165, 1.54) is 11.1 Å². The van der Waals surface area contributed by atoms with E-state index >= 15 is 0 Å². The summed E-state index contributed by atoms with van der Waals surface area (Å²) in [6, 6.07) is -0.261. The van der Waals surface area contributed by atoms with Crippen LogP contribution in [-0.4, -0.2) is 41.6 Å². The summed E-state index contributed by atoms with van der Waals surface area (Å²) in [6.45, 7) is 4.64. The molecule has 1 N–H and O–H groups in total. The second kappa shape index (κ2) is 4.64. The van der Waals surface area contributed by atoms with Crippen molar-refractivity contribution in [2.45, 2.75) is 19.9 Å². The van der Waals surface area contributed by atoms with Crippen LogP contribution < -0.4 is 0 Å². The summed E-state index contributed by atoms with van der Waals surface area (Å²) in [7, 11) is 0. The quantitative estimate of drug-likeness (QED) is 0.321. The summed E-state index contributed by atoms with van der Waals surface area (Å²) in [5.74, 6) is 0. The SMILES string of the molecule is CC(C)=CCN1C(=O)OC[C@H]1/C=N/O. The van der Waals surface area contributed by atoms with Crippen molar-refractivity contribution in [1.29, 1.82) is 0 Å². The largest absolute Gasteiger partial charge is 0.447 e. The molecule has 0 bridgehead atoms. The smallest absolute Gasteiger partial charge is 0.410 e. The van der Waals surface area contributed by atoms with Crippen molar-refractivity contribution >= 4 is 12.3 Å². The van der Waals surface area contributed by atoms with Gasteiger partial charge in [-0.05, 0) is 13.8 Å². The van der Waals surface area contributed by atoms with Gasteiger partial charge in [0.25, 0.3) is 0 Å². The number of hydrogen-bond acceptors (Lipinski definition) is 4. The molecule has 1 rings (SSSR count). The van der Waals surface area contributed by atoms with Gasteiger partial charge >= 0.3 is 6.09 Å². The van der Waals surface area contributed by atoms with Gasteiger partial charge in [-0.2, -0.15) is 0 Å². The van der Waals surface area contributed by atoms with Gasteiger partial charge in [-0.3, -0.25) is 4.90 Å². The molecule has 0 radical (unpaired) electrons. The van der Waals surface area contributed by atoms with E-state index in [1.807, 2.05) is 19.9 Å². The Labute approximate surface area is 82.6 Å². The summed E-state index contributed by atoms with van der Waals surface area (Å²) in [5.41, 5.74) is 1.13. The van der Waals surface area contributed by atoms with Gasteiger partial charge in [-0.15, -0.1) is 0 Å². The van der Waals surface area contributed by atoms with Crippen molar-refractivity contribution in [3.63, 3.8) is 0 Å². The highest BCUT2D eigenvalue weighted by atomic mass is 16.6. The maximum absolute atomic E-state index is 11.2. The average Bonchev–Trinajstić information content (AvgIpc) is 2.45. The number of ether oxygens (including phenoxy) is 1. The lowest BCUT2D eigenvalue weighted by Gasteiger charge is -2.15. The number of oxime groups is 1. The van der Waals surface area contributed by atoms with Crippen LogP contribution in [0.4, 0.5) is 4.79 Å². The molecule has 0 aromatic rings. The summed E-state index contributed by atoms with van der Waals surface area (Å²) in [5, 5.41) is 11.3. The predicted octanol–water partition coefficient (Wildman–Crippen LogP) is 1.23. The van der Waals surface area contributed by atoms with Crippen molar-refractivity contribution < 1.29 is 14.7 Å². The Morgan fingerprint density at radius 3 is 3.07 bits per heavy atom. The van der Waals surface area contributed by atoms with Gasteiger partial charge in [0.2, 0.25) is 0 Å². The number of cyclic esters (lactones) is 1. The molecule has 0 spiro atoms. The van der Waals surface area contributed by atoms with Crippen LogP contribution in [0.25, 0.3) is 0 Å². The number of rotatable bonds is 3. The molecule has 14 heavy (non-hydrogen) atoms. The molecular formula is C9H14N2O3. The number of nitrogens with zero attached hydrogens (tertiary/aromatic N) is 2. The zero-order valence-electron chi connectivity index (χ0n) is 8.30. The van der Waals surface area contributed by atoms with Crippen LogP contribution in [0, 0.1) is 0 Å². The molecule has 1 amide bonds. The highest BCUT2D eigenvalue weighted by Crippen LogP contribution is 2.10. The van der Waals surface area contributed by atoms with Gasteiger partial charge in [0.1, 0.15) is 12.6 Å². The van der Waals surface area contributed by atoms with Crippen LogP contribution in [0.1, 0.15) is 13.8 Å². The third-order valence-electron chi connectivity index (χ3n) is 1.95. The average molecular weight is 198 g/mol. The Bertz CT molecular complexity index is 269. The van der Waals surface area contributed by atoms with E-state index in [1.54, 1.807) is 0 Å². The number of allylic oxidation sites excluding steroid dienone is 1. The predicted molar refractivity (Wildman–Crippen MR) is 51.6 cm³/mol. The molecule has 0 unspecified atom stereocenters. The Balaban J connectivity index is 2.62. The molecule has 0 aromatic heterocycles. The maximum Gasteiger partial charge on any atom is 0.410 e. The molecule has 1 fully saturated rings. The van der Waals surface area contributed by atoms with Crippen molar-refractivity contribution in [2.75, 3.05) is 13.2 Å². The van der Waals surface area contributed by atoms with E-state index in [0.29, 0.717) is 6.54 Å². The summed E-state index contributed by atoms with van der Waals surface area (Å²) < 4.78 is 4.82. The number of carbonyl (C=O) groups excluding carboxylic acids is 1. The van der Waals surface area contributed by atoms with E-state index in [-0.39, 0.29) is 18.7 Å². The van der Waals surface area contributed by atoms with E-state index in [9.17, 15) is 4.79 Å².